The molecular weight excluding hydrogens is 1370 g/mol. The van der Waals surface area contributed by atoms with Crippen LogP contribution in [0.1, 0.15) is 77.5 Å². The maximum absolute atomic E-state index is 14.2. The standard InChI is InChI=1S/C26H41NO6Si2.C23H33NO6Si.C20H27NO6Si.C3H5.ClH.Mg/c1-18(2)22(32-34(6,7)8)26(24(29)31-5)25(3)21(15-16-35(9,10)33-25)23(28)27(26)17-19-11-13-20(30-4)14-12-19;1-15(2)19(25)23(21(27)29-5)22(3)18(12-13-31(6,7)30-22)20(26)24(23)14-16-8-10-17(28-4)11-9-16;1-19-16(10-11-28(4,5)27-19)17(23)21(20(19,13-22)18(24)26-3)12-14-6-8-15(25-2)9-7-14;1-3-2;;/h11-14,21-22H,1,15-17H2,2-10H3;8-11,18-19,25H,1,12-14H2,2-7H3;6-9,13,16H,10-12H2,1-5H3;1H2,2H3;1H;/q;;;-1;;+2/p-1/t21-,22-,25-,26-;18-,19-,22-,23-;16-,19-,20-;;;/m000.../s1. The van der Waals surface area contributed by atoms with E-state index in [9.17, 15) is 38.7 Å². The van der Waals surface area contributed by atoms with Crippen LogP contribution in [0.3, 0.4) is 0 Å². The second-order valence-corrected chi connectivity index (χ2v) is 46.6. The molecule has 9 rings (SSSR count). The van der Waals surface area contributed by atoms with E-state index in [1.807, 2.05) is 75.5 Å². The minimum Gasteiger partial charge on any atom is -1.00 e. The molecule has 99 heavy (non-hydrogen) atoms. The summed E-state index contributed by atoms with van der Waals surface area (Å²) in [5, 5.41) is 11.4. The van der Waals surface area contributed by atoms with Crippen LogP contribution in [0.4, 0.5) is 0 Å². The molecule has 3 amide bonds. The number of rotatable bonds is 19. The molecule has 0 radical (unpaired) electrons. The van der Waals surface area contributed by atoms with E-state index < -0.39 is 115 Å². The van der Waals surface area contributed by atoms with Gasteiger partial charge in [0, 0.05) is 19.6 Å². The van der Waals surface area contributed by atoms with Crippen LogP contribution in [0.5, 0.6) is 17.2 Å². The Hall–Kier alpha value is -5.51. The largest absolute Gasteiger partial charge is 2.00 e. The monoisotopic (exact) mass is 1470 g/mol. The summed E-state index contributed by atoms with van der Waals surface area (Å²) >= 11 is 0. The zero-order chi connectivity index (χ0) is 73.0. The third kappa shape index (κ3) is 16.0. The summed E-state index contributed by atoms with van der Waals surface area (Å²) < 4.78 is 58.1. The van der Waals surface area contributed by atoms with Crippen molar-refractivity contribution in [3.63, 3.8) is 0 Å². The van der Waals surface area contributed by atoms with Gasteiger partial charge in [-0.05, 0) is 190 Å². The molecule has 11 atom stereocenters. The van der Waals surface area contributed by atoms with Crippen LogP contribution in [-0.2, 0) is 85.1 Å². The second-order valence-electron chi connectivity index (χ2n) is 29.4. The number of hydrogen-bond acceptors (Lipinski definition) is 18. The van der Waals surface area contributed by atoms with Crippen molar-refractivity contribution in [2.45, 2.75) is 203 Å². The van der Waals surface area contributed by atoms with Gasteiger partial charge < -0.3 is 84.4 Å². The molecule has 0 spiro atoms. The number of hydrogen-bond donors (Lipinski definition) is 1. The molecule has 0 unspecified atom stereocenters. The SMILES string of the molecule is C=C(C)[C@H](O)[C@@]1(C(=O)OC)N(Cc2ccc(OC)cc2)C(=O)[C@@H]2CC[Si](C)(C)O[C@@]21C.C=C(C)[C@H](O[Si](C)(C)C)[C@@]1(C(=O)OC)N(Cc2ccc(OC)cc2)C(=O)[C@@H]2CC[Si](C)(C)O[C@@]21C.C=[C-]C.COC(=O)[C@]1(C=O)N(Cc2ccc(OC)cc2)C(=O)[C@@H]2CC[Si](C)(C)O[C@@]21C.[Cl-].[Mg+2]. The topological polar surface area (TPSA) is 242 Å². The predicted molar refractivity (Wildman–Crippen MR) is 385 cm³/mol. The fraction of sp³-hybridized carbons (Fsp3) is 0.569. The third-order valence-corrected chi connectivity index (χ3v) is 28.5. The van der Waals surface area contributed by atoms with Crippen LogP contribution in [0.25, 0.3) is 0 Å². The van der Waals surface area contributed by atoms with Crippen LogP contribution < -0.4 is 26.6 Å². The number of aliphatic hydroxyl groups excluding tert-OH is 1. The van der Waals surface area contributed by atoms with Crippen molar-refractivity contribution < 1.29 is 97.2 Å². The normalized spacial score (nSPS) is 28.7. The van der Waals surface area contributed by atoms with Gasteiger partial charge in [0.15, 0.2) is 50.6 Å². The van der Waals surface area contributed by atoms with E-state index >= 15 is 0 Å². The summed E-state index contributed by atoms with van der Waals surface area (Å²) in [6, 6.07) is 24.4. The molecule has 6 aliphatic heterocycles. The Morgan fingerprint density at radius 2 is 0.869 bits per heavy atom. The van der Waals surface area contributed by atoms with Crippen molar-refractivity contribution in [3.05, 3.63) is 126 Å². The molecule has 542 valence electrons. The van der Waals surface area contributed by atoms with Crippen molar-refractivity contribution in [3.8, 4) is 17.2 Å². The number of halogens is 1. The molecule has 6 heterocycles. The maximum Gasteiger partial charge on any atom is 2.00 e. The van der Waals surface area contributed by atoms with E-state index in [0.29, 0.717) is 48.2 Å². The molecule has 0 bridgehead atoms. The van der Waals surface area contributed by atoms with E-state index in [4.69, 9.17) is 46.1 Å². The molecule has 3 aromatic rings. The molecule has 6 saturated heterocycles. The summed E-state index contributed by atoms with van der Waals surface area (Å²) in [6.07, 6.45) is 2.79. The zero-order valence-corrected chi connectivity index (χ0v) is 68.4. The molecule has 0 aromatic heterocycles. The number of aliphatic hydroxyl groups is 1. The molecule has 0 aliphatic carbocycles. The Kier molecular flexibility index (Phi) is 28.5. The van der Waals surface area contributed by atoms with Crippen molar-refractivity contribution in [1.82, 2.24) is 14.7 Å². The molecule has 0 saturated carbocycles. The first kappa shape index (κ1) is 85.9. The fourth-order valence-electron chi connectivity index (χ4n) is 15.7. The number of methoxy groups -OCH3 is 6. The average molecular weight is 1470 g/mol. The van der Waals surface area contributed by atoms with E-state index in [1.54, 1.807) is 78.2 Å². The summed E-state index contributed by atoms with van der Waals surface area (Å²) in [4.78, 5) is 98.7. The van der Waals surface area contributed by atoms with Gasteiger partial charge in [-0.3, -0.25) is 25.8 Å². The van der Waals surface area contributed by atoms with E-state index in [-0.39, 0.29) is 72.8 Å². The first-order valence-electron chi connectivity index (χ1n) is 32.9. The molecule has 6 aliphatic rings. The Morgan fingerprint density at radius 1 is 0.576 bits per heavy atom. The van der Waals surface area contributed by atoms with Gasteiger partial charge in [0.1, 0.15) is 46.3 Å². The van der Waals surface area contributed by atoms with Crippen LogP contribution in [0.2, 0.25) is 77.1 Å². The van der Waals surface area contributed by atoms with E-state index in [2.05, 4.69) is 71.6 Å². The van der Waals surface area contributed by atoms with Gasteiger partial charge >= 0.3 is 41.0 Å². The summed E-state index contributed by atoms with van der Waals surface area (Å²) in [5.41, 5.74) is -5.18. The molecule has 27 heteroatoms. The number of benzene rings is 3. The maximum atomic E-state index is 14.2. The van der Waals surface area contributed by atoms with Crippen LogP contribution in [-0.4, -0.2) is 206 Å². The molecule has 6 fully saturated rings. The van der Waals surface area contributed by atoms with Gasteiger partial charge in [-0.1, -0.05) is 55.1 Å². The van der Waals surface area contributed by atoms with E-state index in [0.717, 1.165) is 40.6 Å². The van der Waals surface area contributed by atoms with Crippen LogP contribution in [0.15, 0.2) is 104 Å². The van der Waals surface area contributed by atoms with Gasteiger partial charge in [0.05, 0.1) is 60.4 Å². The minimum atomic E-state index is -2.20. The average Bonchev–Trinajstić information content (AvgIpc) is 1.55. The quantitative estimate of drug-likeness (QED) is 0.0234. The number of fused-ring (bicyclic) bond motifs is 3. The fourth-order valence-corrected chi connectivity index (χ4v) is 24.3. The van der Waals surface area contributed by atoms with Crippen molar-refractivity contribution in [2.75, 3.05) is 42.7 Å². The molecular formula is C72H106ClMgN3O18Si4. The van der Waals surface area contributed by atoms with Gasteiger partial charge in [0.25, 0.3) is 0 Å². The Balaban J connectivity index is 0.000000307. The van der Waals surface area contributed by atoms with Crippen molar-refractivity contribution >= 4 is 98.2 Å². The first-order valence-corrected chi connectivity index (χ1v) is 45.6. The van der Waals surface area contributed by atoms with Gasteiger partial charge in [0.2, 0.25) is 23.3 Å². The Labute approximate surface area is 613 Å². The number of ether oxygens (including phenoxy) is 6. The molecule has 1 N–H and O–H groups in total. The van der Waals surface area contributed by atoms with Gasteiger partial charge in [-0.25, -0.2) is 14.4 Å². The Bertz CT molecular complexity index is 3430. The third-order valence-electron chi connectivity index (χ3n) is 20.1. The van der Waals surface area contributed by atoms with Gasteiger partial charge in [-0.15, -0.1) is 0 Å². The minimum absolute atomic E-state index is 0. The number of carbonyl (C=O) groups is 7. The van der Waals surface area contributed by atoms with Crippen molar-refractivity contribution in [2.24, 2.45) is 17.8 Å². The number of esters is 3. The molecule has 3 aromatic carbocycles. The van der Waals surface area contributed by atoms with E-state index in [1.165, 1.54) is 31.1 Å². The first-order chi connectivity index (χ1) is 45.1. The summed E-state index contributed by atoms with van der Waals surface area (Å²) in [7, 11) is -0.0709. The summed E-state index contributed by atoms with van der Waals surface area (Å²) in [5.74, 6) is -2.05. The number of amides is 3. The predicted octanol–water partition coefficient (Wildman–Crippen LogP) is 7.40. The molecule has 21 nitrogen and oxygen atoms in total. The number of allylic oxidation sites excluding steroid dienone is 1. The number of carbonyl (C=O) groups excluding carboxylic acids is 7. The Morgan fingerprint density at radius 3 is 1.17 bits per heavy atom. The second kappa shape index (κ2) is 32.9. The summed E-state index contributed by atoms with van der Waals surface area (Å²) in [6.45, 7) is 41.2. The van der Waals surface area contributed by atoms with Crippen LogP contribution >= 0.6 is 0 Å². The number of aldehydes is 1. The van der Waals surface area contributed by atoms with Crippen LogP contribution in [0, 0.1) is 23.8 Å². The smallest absolute Gasteiger partial charge is 1.00 e. The number of likely N-dealkylation sites (tertiary alicyclic amines) is 3. The van der Waals surface area contributed by atoms with Crippen molar-refractivity contribution in [1.29, 1.82) is 0 Å². The zero-order valence-electron chi connectivity index (χ0n) is 62.2. The van der Waals surface area contributed by atoms with Gasteiger partial charge in [-0.2, -0.15) is 6.92 Å². The number of nitrogens with zero attached hydrogens (tertiary/aromatic N) is 3.